The first-order valence-electron chi connectivity index (χ1n) is 6.82. The van der Waals surface area contributed by atoms with Gasteiger partial charge in [-0.25, -0.2) is 0 Å². The fraction of sp³-hybridized carbons (Fsp3) is 0.467. The third-order valence-electron chi connectivity index (χ3n) is 2.89. The lowest BCUT2D eigenvalue weighted by Gasteiger charge is -2.12. The van der Waals surface area contributed by atoms with Gasteiger partial charge >= 0.3 is 0 Å². The van der Waals surface area contributed by atoms with E-state index in [-0.39, 0.29) is 5.91 Å². The Hall–Kier alpha value is -1.69. The average molecular weight is 308 g/mol. The molecule has 0 saturated carbocycles. The standard InChI is InChI=1S/C15H24N4OS/c1-16-15(17-9-10-21-4)18-11-12-5-7-13(8-6-12)14(20)19(2)3/h5-8H,9-11H2,1-4H3,(H2,16,17,18). The number of carbonyl (C=O) groups excluding carboxylic acids is 1. The summed E-state index contributed by atoms with van der Waals surface area (Å²) in [6, 6.07) is 7.62. The van der Waals surface area contributed by atoms with Gasteiger partial charge in [-0.15, -0.1) is 0 Å². The van der Waals surface area contributed by atoms with Gasteiger partial charge in [0, 0.05) is 45.5 Å². The van der Waals surface area contributed by atoms with Crippen LogP contribution in [0.4, 0.5) is 0 Å². The lowest BCUT2D eigenvalue weighted by molar-refractivity contribution is 0.0827. The van der Waals surface area contributed by atoms with Crippen LogP contribution in [0.5, 0.6) is 0 Å². The summed E-state index contributed by atoms with van der Waals surface area (Å²) in [7, 11) is 5.26. The summed E-state index contributed by atoms with van der Waals surface area (Å²) in [4.78, 5) is 17.5. The Morgan fingerprint density at radius 3 is 2.43 bits per heavy atom. The van der Waals surface area contributed by atoms with Gasteiger partial charge in [0.2, 0.25) is 0 Å². The van der Waals surface area contributed by atoms with Gasteiger partial charge in [0.05, 0.1) is 0 Å². The van der Waals surface area contributed by atoms with Gasteiger partial charge in [-0.3, -0.25) is 9.79 Å². The van der Waals surface area contributed by atoms with Gasteiger partial charge in [-0.2, -0.15) is 11.8 Å². The molecule has 116 valence electrons. The number of benzene rings is 1. The Kier molecular flexibility index (Phi) is 7.68. The van der Waals surface area contributed by atoms with Crippen LogP contribution in [0, 0.1) is 0 Å². The maximum Gasteiger partial charge on any atom is 0.253 e. The van der Waals surface area contributed by atoms with Crippen molar-refractivity contribution in [3.63, 3.8) is 0 Å². The van der Waals surface area contributed by atoms with Crippen LogP contribution in [0.15, 0.2) is 29.3 Å². The molecule has 1 rings (SSSR count). The minimum atomic E-state index is 0.0176. The van der Waals surface area contributed by atoms with E-state index in [1.807, 2.05) is 24.3 Å². The largest absolute Gasteiger partial charge is 0.356 e. The molecule has 0 aromatic heterocycles. The second kappa shape index (κ2) is 9.28. The zero-order valence-corrected chi connectivity index (χ0v) is 14.0. The van der Waals surface area contributed by atoms with Crippen LogP contribution in [0.3, 0.4) is 0 Å². The lowest BCUT2D eigenvalue weighted by atomic mass is 10.1. The molecule has 0 radical (unpaired) electrons. The maximum absolute atomic E-state index is 11.8. The smallest absolute Gasteiger partial charge is 0.253 e. The Bertz CT molecular complexity index is 471. The molecule has 0 fully saturated rings. The monoisotopic (exact) mass is 308 g/mol. The zero-order chi connectivity index (χ0) is 15.7. The molecule has 1 aromatic rings. The van der Waals surface area contributed by atoms with Gasteiger partial charge in [0.15, 0.2) is 5.96 Å². The molecular weight excluding hydrogens is 284 g/mol. The first-order valence-corrected chi connectivity index (χ1v) is 8.22. The number of nitrogens with zero attached hydrogens (tertiary/aromatic N) is 2. The van der Waals surface area contributed by atoms with Crippen molar-refractivity contribution in [1.82, 2.24) is 15.5 Å². The Balaban J connectivity index is 2.50. The van der Waals surface area contributed by atoms with Crippen molar-refractivity contribution >= 4 is 23.6 Å². The van der Waals surface area contributed by atoms with Crippen LogP contribution in [0.25, 0.3) is 0 Å². The molecule has 1 aromatic carbocycles. The predicted molar refractivity (Wildman–Crippen MR) is 91.0 cm³/mol. The van der Waals surface area contributed by atoms with Gasteiger partial charge < -0.3 is 15.5 Å². The Labute approximate surface area is 131 Å². The highest BCUT2D eigenvalue weighted by Crippen LogP contribution is 2.06. The van der Waals surface area contributed by atoms with Crippen molar-refractivity contribution < 1.29 is 4.79 Å². The molecule has 5 nitrogen and oxygen atoms in total. The van der Waals surface area contributed by atoms with Crippen LogP contribution in [0.1, 0.15) is 15.9 Å². The van der Waals surface area contributed by atoms with Crippen molar-refractivity contribution in [3.05, 3.63) is 35.4 Å². The van der Waals surface area contributed by atoms with Crippen molar-refractivity contribution in [2.24, 2.45) is 4.99 Å². The molecule has 1 amide bonds. The molecule has 0 atom stereocenters. The second-order valence-electron chi connectivity index (χ2n) is 4.74. The minimum Gasteiger partial charge on any atom is -0.356 e. The summed E-state index contributed by atoms with van der Waals surface area (Å²) in [5.74, 6) is 1.85. The number of guanidine groups is 1. The first kappa shape index (κ1) is 17.4. The van der Waals surface area contributed by atoms with Gasteiger partial charge in [-0.1, -0.05) is 12.1 Å². The highest BCUT2D eigenvalue weighted by atomic mass is 32.2. The first-order chi connectivity index (χ1) is 10.1. The zero-order valence-electron chi connectivity index (χ0n) is 13.1. The van der Waals surface area contributed by atoms with Crippen LogP contribution >= 0.6 is 11.8 Å². The summed E-state index contributed by atoms with van der Waals surface area (Å²) in [5.41, 5.74) is 1.81. The minimum absolute atomic E-state index is 0.0176. The third-order valence-corrected chi connectivity index (χ3v) is 3.50. The fourth-order valence-corrected chi connectivity index (χ4v) is 2.01. The van der Waals surface area contributed by atoms with Crippen molar-refractivity contribution in [1.29, 1.82) is 0 Å². The number of rotatable bonds is 6. The van der Waals surface area contributed by atoms with Crippen molar-refractivity contribution in [2.75, 3.05) is 39.7 Å². The van der Waals surface area contributed by atoms with E-state index < -0.39 is 0 Å². The molecule has 6 heteroatoms. The van der Waals surface area contributed by atoms with Crippen molar-refractivity contribution in [2.45, 2.75) is 6.54 Å². The van der Waals surface area contributed by atoms with Gasteiger partial charge in [-0.05, 0) is 24.0 Å². The van der Waals surface area contributed by atoms with E-state index in [9.17, 15) is 4.79 Å². The highest BCUT2D eigenvalue weighted by Gasteiger charge is 2.07. The predicted octanol–water partition coefficient (Wildman–Crippen LogP) is 1.42. The van der Waals surface area contributed by atoms with E-state index in [1.165, 1.54) is 0 Å². The number of hydrogen-bond acceptors (Lipinski definition) is 3. The van der Waals surface area contributed by atoms with Gasteiger partial charge in [0.25, 0.3) is 5.91 Å². The molecule has 0 heterocycles. The molecule has 0 unspecified atom stereocenters. The SMILES string of the molecule is CN=C(NCCSC)NCc1ccc(C(=O)N(C)C)cc1. The molecule has 0 aliphatic carbocycles. The number of thioether (sulfide) groups is 1. The highest BCUT2D eigenvalue weighted by molar-refractivity contribution is 7.98. The molecule has 0 aliphatic heterocycles. The summed E-state index contributed by atoms with van der Waals surface area (Å²) in [6.07, 6.45) is 2.08. The van der Waals surface area contributed by atoms with Crippen LogP contribution in [-0.4, -0.2) is 56.5 Å². The Morgan fingerprint density at radius 2 is 1.90 bits per heavy atom. The van der Waals surface area contributed by atoms with E-state index in [0.29, 0.717) is 12.1 Å². The van der Waals surface area contributed by atoms with Gasteiger partial charge in [0.1, 0.15) is 0 Å². The normalized spacial score (nSPS) is 11.1. The van der Waals surface area contributed by atoms with Crippen LogP contribution in [-0.2, 0) is 6.54 Å². The maximum atomic E-state index is 11.8. The fourth-order valence-electron chi connectivity index (χ4n) is 1.70. The number of amides is 1. The second-order valence-corrected chi connectivity index (χ2v) is 5.73. The van der Waals surface area contributed by atoms with E-state index in [2.05, 4.69) is 21.9 Å². The quantitative estimate of drug-likeness (QED) is 0.474. The topological polar surface area (TPSA) is 56.7 Å². The summed E-state index contributed by atoms with van der Waals surface area (Å²) >= 11 is 1.79. The summed E-state index contributed by atoms with van der Waals surface area (Å²) in [6.45, 7) is 1.56. The lowest BCUT2D eigenvalue weighted by Crippen LogP contribution is -2.37. The summed E-state index contributed by atoms with van der Waals surface area (Å²) in [5, 5.41) is 6.49. The number of nitrogens with one attached hydrogen (secondary N) is 2. The number of carbonyl (C=O) groups is 1. The van der Waals surface area contributed by atoms with Crippen LogP contribution in [0.2, 0.25) is 0 Å². The molecule has 0 saturated heterocycles. The van der Waals surface area contributed by atoms with Crippen LogP contribution < -0.4 is 10.6 Å². The van der Waals surface area contributed by atoms with E-state index >= 15 is 0 Å². The van der Waals surface area contributed by atoms with E-state index in [4.69, 9.17) is 0 Å². The van der Waals surface area contributed by atoms with Crippen molar-refractivity contribution in [3.8, 4) is 0 Å². The third kappa shape index (κ3) is 6.08. The number of hydrogen-bond donors (Lipinski definition) is 2. The summed E-state index contributed by atoms with van der Waals surface area (Å²) < 4.78 is 0. The molecule has 0 spiro atoms. The molecule has 0 bridgehead atoms. The molecule has 0 aliphatic rings. The molecular formula is C15H24N4OS. The van der Waals surface area contributed by atoms with E-state index in [1.54, 1.807) is 37.8 Å². The van der Waals surface area contributed by atoms with E-state index in [0.717, 1.165) is 23.8 Å². The average Bonchev–Trinajstić information content (AvgIpc) is 2.50. The number of aliphatic imine (C=N–C) groups is 1. The molecule has 21 heavy (non-hydrogen) atoms. The Morgan fingerprint density at radius 1 is 1.24 bits per heavy atom. The molecule has 2 N–H and O–H groups in total.